The predicted octanol–water partition coefficient (Wildman–Crippen LogP) is 3.79. The Morgan fingerprint density at radius 1 is 1.08 bits per heavy atom. The van der Waals surface area contributed by atoms with Gasteiger partial charge in [0.1, 0.15) is 11.9 Å². The van der Waals surface area contributed by atoms with E-state index in [1.54, 1.807) is 23.1 Å². The summed E-state index contributed by atoms with van der Waals surface area (Å²) in [4.78, 5) is 1.32. The van der Waals surface area contributed by atoms with Crippen LogP contribution >= 0.6 is 0 Å². The lowest BCUT2D eigenvalue weighted by atomic mass is 10.1. The van der Waals surface area contributed by atoms with Crippen LogP contribution in [0.2, 0.25) is 0 Å². The van der Waals surface area contributed by atoms with Crippen molar-refractivity contribution in [3.63, 3.8) is 0 Å². The Morgan fingerprint density at radius 2 is 1.73 bits per heavy atom. The minimum atomic E-state index is -4.73. The zero-order valence-electron chi connectivity index (χ0n) is 14.0. The number of hydrogen-bond donors (Lipinski definition) is 0. The lowest BCUT2D eigenvalue weighted by Crippen LogP contribution is -2.43. The fraction of sp³-hybridized carbons (Fsp3) is 0.333. The highest BCUT2D eigenvalue weighted by molar-refractivity contribution is 7.91. The van der Waals surface area contributed by atoms with Crippen molar-refractivity contribution in [2.75, 3.05) is 18.0 Å². The third kappa shape index (κ3) is 3.71. The van der Waals surface area contributed by atoms with Crippen LogP contribution in [0.1, 0.15) is 18.6 Å². The van der Waals surface area contributed by atoms with Crippen molar-refractivity contribution < 1.29 is 26.3 Å². The number of sulfone groups is 1. The number of ether oxygens (including phenoxy) is 1. The summed E-state index contributed by atoms with van der Waals surface area (Å²) >= 11 is 0. The van der Waals surface area contributed by atoms with Gasteiger partial charge >= 0.3 is 5.76 Å². The van der Waals surface area contributed by atoms with Gasteiger partial charge in [0.25, 0.3) is 0 Å². The molecule has 1 heterocycles. The first-order chi connectivity index (χ1) is 12.3. The average Bonchev–Trinajstić information content (AvgIpc) is 2.61. The largest absolute Gasteiger partial charge is 0.367 e. The number of nitrogens with zero attached hydrogens (tertiary/aromatic N) is 1. The van der Waals surface area contributed by atoms with E-state index >= 15 is 0 Å². The molecule has 2 unspecified atom stereocenters. The van der Waals surface area contributed by atoms with Gasteiger partial charge in [-0.15, -0.1) is 0 Å². The highest BCUT2D eigenvalue weighted by Gasteiger charge is 2.33. The first-order valence-electron chi connectivity index (χ1n) is 8.06. The number of benzene rings is 2. The highest BCUT2D eigenvalue weighted by atomic mass is 32.2. The molecule has 0 bridgehead atoms. The molecular formula is C18H18F3NO3S. The Bertz CT molecular complexity index is 872. The van der Waals surface area contributed by atoms with E-state index in [1.165, 1.54) is 30.3 Å². The number of alkyl halides is 2. The summed E-state index contributed by atoms with van der Waals surface area (Å²) in [5.74, 6) is -3.86. The van der Waals surface area contributed by atoms with Gasteiger partial charge in [0.15, 0.2) is 0 Å². The van der Waals surface area contributed by atoms with Crippen molar-refractivity contribution in [2.45, 2.75) is 29.8 Å². The number of rotatable bonds is 4. The van der Waals surface area contributed by atoms with E-state index in [9.17, 15) is 21.6 Å². The van der Waals surface area contributed by atoms with Crippen molar-refractivity contribution in [3.05, 3.63) is 59.9 Å². The van der Waals surface area contributed by atoms with E-state index < -0.39 is 26.6 Å². The van der Waals surface area contributed by atoms with Crippen LogP contribution in [0.15, 0.2) is 53.4 Å². The Kier molecular flexibility index (Phi) is 5.24. The van der Waals surface area contributed by atoms with Crippen LogP contribution in [0.25, 0.3) is 0 Å². The molecule has 1 aliphatic heterocycles. The molecule has 0 amide bonds. The number of hydrogen-bond acceptors (Lipinski definition) is 4. The molecule has 0 aromatic heterocycles. The third-order valence-electron chi connectivity index (χ3n) is 4.25. The minimum Gasteiger partial charge on any atom is -0.367 e. The van der Waals surface area contributed by atoms with Crippen molar-refractivity contribution in [3.8, 4) is 0 Å². The average molecular weight is 385 g/mol. The normalized spacial score (nSPS) is 21.2. The van der Waals surface area contributed by atoms with Crippen LogP contribution < -0.4 is 4.90 Å². The van der Waals surface area contributed by atoms with Crippen LogP contribution in [0.3, 0.4) is 0 Å². The van der Waals surface area contributed by atoms with Gasteiger partial charge in [0, 0.05) is 13.1 Å². The highest BCUT2D eigenvalue weighted by Crippen LogP contribution is 2.34. The Labute approximate surface area is 150 Å². The van der Waals surface area contributed by atoms with Gasteiger partial charge in [0.05, 0.1) is 16.7 Å². The zero-order valence-corrected chi connectivity index (χ0v) is 14.8. The standard InChI is InChI=1S/C18H18F3NO3S/c1-12-10-22(11-16(25-12)13-6-8-14(19)9-7-13)15-4-2-3-5-17(15)26(23,24)18(20)21/h2-9,12,16,18H,10-11H2,1H3. The van der Waals surface area contributed by atoms with Crippen molar-refractivity contribution in [2.24, 2.45) is 0 Å². The summed E-state index contributed by atoms with van der Waals surface area (Å²) in [6, 6.07) is 11.5. The molecule has 0 spiro atoms. The summed E-state index contributed by atoms with van der Waals surface area (Å²) in [6.07, 6.45) is -0.692. The second-order valence-electron chi connectivity index (χ2n) is 6.17. The van der Waals surface area contributed by atoms with Crippen LogP contribution in [-0.2, 0) is 14.6 Å². The maximum absolute atomic E-state index is 13.1. The lowest BCUT2D eigenvalue weighted by molar-refractivity contribution is -0.0175. The molecule has 0 N–H and O–H groups in total. The monoisotopic (exact) mass is 385 g/mol. The maximum Gasteiger partial charge on any atom is 0.341 e. The maximum atomic E-state index is 13.1. The van der Waals surface area contributed by atoms with Gasteiger partial charge in [0.2, 0.25) is 9.84 Å². The molecule has 1 aliphatic rings. The molecule has 3 rings (SSSR count). The number of anilines is 1. The molecule has 4 nitrogen and oxygen atoms in total. The van der Waals surface area contributed by atoms with E-state index in [4.69, 9.17) is 4.74 Å². The van der Waals surface area contributed by atoms with E-state index in [1.807, 2.05) is 6.92 Å². The van der Waals surface area contributed by atoms with Crippen molar-refractivity contribution in [1.29, 1.82) is 0 Å². The second-order valence-corrected chi connectivity index (χ2v) is 8.05. The second kappa shape index (κ2) is 7.28. The number of morpholine rings is 1. The van der Waals surface area contributed by atoms with Gasteiger partial charge in [-0.1, -0.05) is 24.3 Å². The summed E-state index contributed by atoms with van der Waals surface area (Å²) in [5.41, 5.74) is 0.951. The molecular weight excluding hydrogens is 367 g/mol. The van der Waals surface area contributed by atoms with Gasteiger partial charge in [-0.25, -0.2) is 12.8 Å². The Hall–Kier alpha value is -2.06. The number of para-hydroxylation sites is 1. The molecule has 0 saturated carbocycles. The SMILES string of the molecule is CC1CN(c2ccccc2S(=O)(=O)C(F)F)CC(c2ccc(F)cc2)O1. The summed E-state index contributed by atoms with van der Waals surface area (Å²) < 4.78 is 69.1. The molecule has 26 heavy (non-hydrogen) atoms. The zero-order chi connectivity index (χ0) is 18.9. The first kappa shape index (κ1) is 18.7. The fourth-order valence-electron chi connectivity index (χ4n) is 3.06. The van der Waals surface area contributed by atoms with Crippen LogP contribution in [0.4, 0.5) is 18.9 Å². The van der Waals surface area contributed by atoms with Crippen LogP contribution in [0.5, 0.6) is 0 Å². The quantitative estimate of drug-likeness (QED) is 0.804. The summed E-state index contributed by atoms with van der Waals surface area (Å²) in [7, 11) is -4.73. The molecule has 1 saturated heterocycles. The summed E-state index contributed by atoms with van der Waals surface area (Å²) in [5, 5.41) is 0. The van der Waals surface area contributed by atoms with E-state index in [2.05, 4.69) is 0 Å². The van der Waals surface area contributed by atoms with Crippen molar-refractivity contribution >= 4 is 15.5 Å². The molecule has 140 valence electrons. The first-order valence-corrected chi connectivity index (χ1v) is 9.60. The van der Waals surface area contributed by atoms with Crippen LogP contribution in [0, 0.1) is 5.82 Å². The van der Waals surface area contributed by atoms with E-state index in [0.29, 0.717) is 6.54 Å². The van der Waals surface area contributed by atoms with E-state index in [-0.39, 0.29) is 24.2 Å². The van der Waals surface area contributed by atoms with E-state index in [0.717, 1.165) is 5.56 Å². The van der Waals surface area contributed by atoms with Gasteiger partial charge in [-0.05, 0) is 36.8 Å². The smallest absolute Gasteiger partial charge is 0.341 e. The molecule has 8 heteroatoms. The minimum absolute atomic E-state index is 0.218. The van der Waals surface area contributed by atoms with Crippen LogP contribution in [-0.4, -0.2) is 33.4 Å². The molecule has 2 aromatic rings. The predicted molar refractivity (Wildman–Crippen MR) is 91.5 cm³/mol. The topological polar surface area (TPSA) is 46.6 Å². The van der Waals surface area contributed by atoms with Gasteiger partial charge < -0.3 is 9.64 Å². The molecule has 0 aliphatic carbocycles. The third-order valence-corrected chi connectivity index (χ3v) is 5.68. The summed E-state index contributed by atoms with van der Waals surface area (Å²) in [6.45, 7) is 2.44. The molecule has 1 fully saturated rings. The van der Waals surface area contributed by atoms with Crippen molar-refractivity contribution in [1.82, 2.24) is 0 Å². The Balaban J connectivity index is 1.96. The van der Waals surface area contributed by atoms with Gasteiger partial charge in [-0.2, -0.15) is 8.78 Å². The number of halogens is 3. The Morgan fingerprint density at radius 3 is 2.38 bits per heavy atom. The fourth-order valence-corrected chi connectivity index (χ4v) is 4.01. The molecule has 0 radical (unpaired) electrons. The molecule has 2 atom stereocenters. The van der Waals surface area contributed by atoms with Gasteiger partial charge in [-0.3, -0.25) is 0 Å². The lowest BCUT2D eigenvalue weighted by Gasteiger charge is -2.39. The molecule has 2 aromatic carbocycles.